The van der Waals surface area contributed by atoms with Gasteiger partial charge in [0.25, 0.3) is 0 Å². The summed E-state index contributed by atoms with van der Waals surface area (Å²) >= 11 is 5.72. The number of hydrogen-bond donors (Lipinski definition) is 0. The first-order valence-electron chi connectivity index (χ1n) is 7.79. The molecule has 1 aliphatic carbocycles. The molecule has 2 fully saturated rings. The van der Waals surface area contributed by atoms with Gasteiger partial charge < -0.3 is 0 Å². The summed E-state index contributed by atoms with van der Waals surface area (Å²) in [5.41, 5.74) is 1.08. The van der Waals surface area contributed by atoms with Gasteiger partial charge in [-0.05, 0) is 55.7 Å². The van der Waals surface area contributed by atoms with Crippen LogP contribution in [0, 0.1) is 5.92 Å². The lowest BCUT2D eigenvalue weighted by Gasteiger charge is -2.36. The first kappa shape index (κ1) is 15.3. The van der Waals surface area contributed by atoms with Crippen LogP contribution in [0.2, 0.25) is 0 Å². The zero-order valence-electron chi connectivity index (χ0n) is 12.2. The molecule has 0 bridgehead atoms. The predicted octanol–water partition coefficient (Wildman–Crippen LogP) is 3.42. The van der Waals surface area contributed by atoms with Crippen LogP contribution in [0.25, 0.3) is 0 Å². The zero-order valence-corrected chi connectivity index (χ0v) is 13.7. The van der Waals surface area contributed by atoms with Gasteiger partial charge in [-0.15, -0.1) is 11.6 Å². The van der Waals surface area contributed by atoms with Crippen LogP contribution < -0.4 is 0 Å². The molecule has 0 spiro atoms. The van der Waals surface area contributed by atoms with E-state index in [0.717, 1.165) is 31.2 Å². The lowest BCUT2D eigenvalue weighted by Crippen LogP contribution is -2.46. The van der Waals surface area contributed by atoms with E-state index in [1.54, 1.807) is 16.4 Å². The van der Waals surface area contributed by atoms with Gasteiger partial charge in [0.15, 0.2) is 0 Å². The topological polar surface area (TPSA) is 37.4 Å². The van der Waals surface area contributed by atoms with E-state index in [-0.39, 0.29) is 6.04 Å². The van der Waals surface area contributed by atoms with Crippen LogP contribution in [-0.2, 0) is 16.4 Å². The first-order chi connectivity index (χ1) is 10.1. The van der Waals surface area contributed by atoms with E-state index in [9.17, 15) is 8.42 Å². The Hall–Kier alpha value is -0.580. The van der Waals surface area contributed by atoms with Crippen molar-refractivity contribution >= 4 is 21.6 Å². The molecule has 2 atom stereocenters. The lowest BCUT2D eigenvalue weighted by molar-refractivity contribution is 0.202. The molecule has 3 rings (SSSR count). The molecule has 21 heavy (non-hydrogen) atoms. The molecule has 0 N–H and O–H groups in total. The van der Waals surface area contributed by atoms with Crippen molar-refractivity contribution in [3.8, 4) is 0 Å². The summed E-state index contributed by atoms with van der Waals surface area (Å²) in [6, 6.07) is 7.45. The molecule has 3 nitrogen and oxygen atoms in total. The van der Waals surface area contributed by atoms with Gasteiger partial charge in [0, 0.05) is 18.5 Å². The maximum absolute atomic E-state index is 12.9. The molecule has 1 saturated heterocycles. The Balaban J connectivity index is 1.85. The van der Waals surface area contributed by atoms with Gasteiger partial charge >= 0.3 is 0 Å². The second-order valence-electron chi connectivity index (χ2n) is 6.10. The number of aryl methyl sites for hydroxylation is 1. The lowest BCUT2D eigenvalue weighted by atomic mass is 9.94. The quantitative estimate of drug-likeness (QED) is 0.795. The largest absolute Gasteiger partial charge is 0.243 e. The van der Waals surface area contributed by atoms with Crippen LogP contribution in [0.15, 0.2) is 29.2 Å². The van der Waals surface area contributed by atoms with E-state index in [1.807, 2.05) is 12.1 Å². The minimum Gasteiger partial charge on any atom is -0.207 e. The molecule has 0 radical (unpaired) electrons. The maximum atomic E-state index is 12.9. The molecule has 116 valence electrons. The molecule has 2 unspecified atom stereocenters. The van der Waals surface area contributed by atoms with E-state index >= 15 is 0 Å². The van der Waals surface area contributed by atoms with Crippen molar-refractivity contribution in [3.05, 3.63) is 29.8 Å². The van der Waals surface area contributed by atoms with E-state index in [1.165, 1.54) is 12.8 Å². The van der Waals surface area contributed by atoms with Crippen LogP contribution in [0.5, 0.6) is 0 Å². The van der Waals surface area contributed by atoms with Gasteiger partial charge in [0.05, 0.1) is 4.90 Å². The Kier molecular flexibility index (Phi) is 4.57. The molecule has 0 aromatic heterocycles. The second-order valence-corrected chi connectivity index (χ2v) is 8.37. The van der Waals surface area contributed by atoms with Crippen LogP contribution in [-0.4, -0.2) is 31.2 Å². The first-order valence-corrected chi connectivity index (χ1v) is 9.77. The van der Waals surface area contributed by atoms with Gasteiger partial charge in [-0.2, -0.15) is 4.31 Å². The van der Waals surface area contributed by atoms with Crippen molar-refractivity contribution in [2.24, 2.45) is 5.92 Å². The third-order valence-electron chi connectivity index (χ3n) is 4.86. The fourth-order valence-corrected chi connectivity index (χ4v) is 5.75. The van der Waals surface area contributed by atoms with Crippen molar-refractivity contribution < 1.29 is 8.42 Å². The molecule has 2 aliphatic rings. The number of rotatable bonds is 4. The minimum absolute atomic E-state index is 0.228. The molecule has 1 aromatic carbocycles. The van der Waals surface area contributed by atoms with Crippen molar-refractivity contribution in [1.82, 2.24) is 4.31 Å². The number of halogens is 1. The van der Waals surface area contributed by atoms with Crippen LogP contribution >= 0.6 is 11.6 Å². The number of benzene rings is 1. The van der Waals surface area contributed by atoms with Gasteiger partial charge in [0.1, 0.15) is 0 Å². The van der Waals surface area contributed by atoms with E-state index < -0.39 is 10.0 Å². The molecular weight excluding hydrogens is 306 g/mol. The number of nitrogens with zero attached hydrogens (tertiary/aromatic N) is 1. The van der Waals surface area contributed by atoms with Gasteiger partial charge in [0.2, 0.25) is 10.0 Å². The Morgan fingerprint density at radius 2 is 1.81 bits per heavy atom. The predicted molar refractivity (Wildman–Crippen MR) is 85.1 cm³/mol. The summed E-state index contributed by atoms with van der Waals surface area (Å²) in [7, 11) is -3.35. The van der Waals surface area contributed by atoms with Crippen LogP contribution in [0.3, 0.4) is 0 Å². The Bertz CT molecular complexity index is 585. The smallest absolute Gasteiger partial charge is 0.207 e. The normalized spacial score (nSPS) is 26.7. The highest BCUT2D eigenvalue weighted by Gasteiger charge is 2.41. The summed E-state index contributed by atoms with van der Waals surface area (Å²) in [6.45, 7) is 0.674. The molecular formula is C16H22ClNO2S. The van der Waals surface area contributed by atoms with Crippen molar-refractivity contribution in [2.75, 3.05) is 12.4 Å². The number of fused-ring (bicyclic) bond motifs is 1. The highest BCUT2D eigenvalue weighted by atomic mass is 35.5. The number of sulfonamides is 1. The SMILES string of the molecule is O=S(=O)(c1ccc(CCCl)cc1)N1CCCC2CCCC21. The second kappa shape index (κ2) is 6.27. The minimum atomic E-state index is -3.35. The summed E-state index contributed by atoms with van der Waals surface area (Å²) in [4.78, 5) is 0.424. The Morgan fingerprint density at radius 1 is 1.10 bits per heavy atom. The van der Waals surface area contributed by atoms with E-state index in [4.69, 9.17) is 11.6 Å². The third-order valence-corrected chi connectivity index (χ3v) is 6.98. The van der Waals surface area contributed by atoms with E-state index in [2.05, 4.69) is 0 Å². The maximum Gasteiger partial charge on any atom is 0.243 e. The summed E-state index contributed by atoms with van der Waals surface area (Å²) in [5, 5.41) is 0. The Labute approximate surface area is 132 Å². The van der Waals surface area contributed by atoms with Crippen molar-refractivity contribution in [3.63, 3.8) is 0 Å². The third kappa shape index (κ3) is 2.99. The summed E-state index contributed by atoms with van der Waals surface area (Å²) in [6.07, 6.45) is 6.32. The molecule has 5 heteroatoms. The van der Waals surface area contributed by atoms with Crippen LogP contribution in [0.1, 0.15) is 37.7 Å². The summed E-state index contributed by atoms with van der Waals surface area (Å²) in [5.74, 6) is 1.13. The van der Waals surface area contributed by atoms with Crippen molar-refractivity contribution in [1.29, 1.82) is 0 Å². The average Bonchev–Trinajstić information content (AvgIpc) is 2.96. The van der Waals surface area contributed by atoms with E-state index in [0.29, 0.717) is 23.2 Å². The fraction of sp³-hybridized carbons (Fsp3) is 0.625. The molecule has 0 amide bonds. The molecule has 1 aromatic rings. The standard InChI is InChI=1S/C16H22ClNO2S/c17-11-10-13-6-8-15(9-7-13)21(19,20)18-12-2-4-14-3-1-5-16(14)18/h6-9,14,16H,1-5,10-12H2. The Morgan fingerprint density at radius 3 is 2.52 bits per heavy atom. The molecule has 1 heterocycles. The highest BCUT2D eigenvalue weighted by Crippen LogP contribution is 2.39. The number of hydrogen-bond acceptors (Lipinski definition) is 2. The molecule has 1 saturated carbocycles. The van der Waals surface area contributed by atoms with Crippen LogP contribution in [0.4, 0.5) is 0 Å². The summed E-state index contributed by atoms with van der Waals surface area (Å²) < 4.78 is 27.6. The number of alkyl halides is 1. The average molecular weight is 328 g/mol. The number of piperidine rings is 1. The van der Waals surface area contributed by atoms with Gasteiger partial charge in [-0.25, -0.2) is 8.42 Å². The van der Waals surface area contributed by atoms with Crippen molar-refractivity contribution in [2.45, 2.75) is 49.5 Å². The van der Waals surface area contributed by atoms with Gasteiger partial charge in [-0.3, -0.25) is 0 Å². The fourth-order valence-electron chi connectivity index (χ4n) is 3.78. The highest BCUT2D eigenvalue weighted by molar-refractivity contribution is 7.89. The molecule has 1 aliphatic heterocycles. The van der Waals surface area contributed by atoms with Gasteiger partial charge in [-0.1, -0.05) is 18.6 Å². The monoisotopic (exact) mass is 327 g/mol. The zero-order chi connectivity index (χ0) is 14.9.